The summed E-state index contributed by atoms with van der Waals surface area (Å²) in [6.45, 7) is 0. The van der Waals surface area contributed by atoms with Gasteiger partial charge in [0, 0.05) is 12.6 Å². The van der Waals surface area contributed by atoms with Gasteiger partial charge in [-0.25, -0.2) is 15.0 Å². The van der Waals surface area contributed by atoms with Gasteiger partial charge in [-0.2, -0.15) is 0 Å². The van der Waals surface area contributed by atoms with E-state index in [0.29, 0.717) is 11.3 Å². The highest BCUT2D eigenvalue weighted by atomic mass is 19.4. The van der Waals surface area contributed by atoms with Crippen LogP contribution in [0.1, 0.15) is 10.4 Å². The van der Waals surface area contributed by atoms with Crippen LogP contribution in [0.25, 0.3) is 22.3 Å². The van der Waals surface area contributed by atoms with E-state index in [1.807, 2.05) is 0 Å². The van der Waals surface area contributed by atoms with E-state index in [-0.39, 0.29) is 28.2 Å². The molecule has 0 saturated carbocycles. The molecule has 3 rings (SSSR count). The van der Waals surface area contributed by atoms with Crippen LogP contribution in [0.3, 0.4) is 0 Å². The fraction of sp³-hybridized carbons (Fsp3) is 0.125. The summed E-state index contributed by atoms with van der Waals surface area (Å²) in [6, 6.07) is 6.57. The molecule has 10 heteroatoms. The Labute approximate surface area is 145 Å². The molecule has 0 aliphatic carbocycles. The molecule has 0 fully saturated rings. The van der Waals surface area contributed by atoms with Crippen LogP contribution in [0.4, 0.5) is 19.0 Å². The van der Waals surface area contributed by atoms with Crippen molar-refractivity contribution in [1.82, 2.24) is 20.3 Å². The molecular formula is C16H12F3N5O2. The highest BCUT2D eigenvalue weighted by molar-refractivity contribution is 6.07. The zero-order chi connectivity index (χ0) is 18.9. The first-order valence-electron chi connectivity index (χ1n) is 7.28. The lowest BCUT2D eigenvalue weighted by Gasteiger charge is -2.11. The number of hydrogen-bond donors (Lipinski definition) is 2. The first-order chi connectivity index (χ1) is 12.3. The van der Waals surface area contributed by atoms with Crippen LogP contribution < -0.4 is 15.8 Å². The molecule has 3 aromatic rings. The quantitative estimate of drug-likeness (QED) is 0.741. The van der Waals surface area contributed by atoms with Gasteiger partial charge >= 0.3 is 6.36 Å². The first-order valence-corrected chi connectivity index (χ1v) is 7.28. The average molecular weight is 363 g/mol. The molecule has 134 valence electrons. The number of carbonyl (C=O) groups excluding carboxylic acids is 1. The summed E-state index contributed by atoms with van der Waals surface area (Å²) in [7, 11) is 1.46. The number of pyridine rings is 1. The Balaban J connectivity index is 2.10. The lowest BCUT2D eigenvalue weighted by molar-refractivity contribution is -0.274. The van der Waals surface area contributed by atoms with Crippen molar-refractivity contribution < 1.29 is 22.7 Å². The van der Waals surface area contributed by atoms with Crippen LogP contribution in [-0.4, -0.2) is 34.3 Å². The molecule has 3 N–H and O–H groups in total. The number of rotatable bonds is 3. The Morgan fingerprint density at radius 3 is 2.46 bits per heavy atom. The minimum Gasteiger partial charge on any atom is -0.406 e. The predicted octanol–water partition coefficient (Wildman–Crippen LogP) is 2.53. The molecule has 2 aromatic heterocycles. The van der Waals surface area contributed by atoms with Crippen LogP contribution in [0, 0.1) is 0 Å². The Morgan fingerprint density at radius 1 is 1.15 bits per heavy atom. The van der Waals surface area contributed by atoms with Crippen LogP contribution in [-0.2, 0) is 0 Å². The largest absolute Gasteiger partial charge is 0.573 e. The number of halogens is 3. The van der Waals surface area contributed by atoms with Crippen molar-refractivity contribution in [3.63, 3.8) is 0 Å². The van der Waals surface area contributed by atoms with E-state index < -0.39 is 12.3 Å². The van der Waals surface area contributed by atoms with Gasteiger partial charge in [0.25, 0.3) is 5.91 Å². The second-order valence-corrected chi connectivity index (χ2v) is 5.16. The second-order valence-electron chi connectivity index (χ2n) is 5.16. The molecule has 0 atom stereocenters. The van der Waals surface area contributed by atoms with E-state index in [2.05, 4.69) is 25.0 Å². The van der Waals surface area contributed by atoms with Gasteiger partial charge in [-0.15, -0.1) is 13.2 Å². The minimum absolute atomic E-state index is 0.0824. The summed E-state index contributed by atoms with van der Waals surface area (Å²) >= 11 is 0. The van der Waals surface area contributed by atoms with Crippen LogP contribution >= 0.6 is 0 Å². The molecule has 0 bridgehead atoms. The van der Waals surface area contributed by atoms with Crippen molar-refractivity contribution in [3.05, 3.63) is 42.2 Å². The van der Waals surface area contributed by atoms with Gasteiger partial charge in [-0.3, -0.25) is 4.79 Å². The Bertz CT molecular complexity index is 974. The molecule has 2 heterocycles. The second kappa shape index (κ2) is 6.47. The van der Waals surface area contributed by atoms with Crippen LogP contribution in [0.5, 0.6) is 5.75 Å². The van der Waals surface area contributed by atoms with Crippen LogP contribution in [0.15, 0.2) is 36.7 Å². The third-order valence-corrected chi connectivity index (χ3v) is 3.47. The Morgan fingerprint density at radius 2 is 1.85 bits per heavy atom. The number of alkyl halides is 3. The number of ether oxygens (including phenoxy) is 1. The molecule has 0 spiro atoms. The zero-order valence-corrected chi connectivity index (χ0v) is 13.3. The number of amides is 1. The molecule has 1 aromatic carbocycles. The predicted molar refractivity (Wildman–Crippen MR) is 87.3 cm³/mol. The van der Waals surface area contributed by atoms with E-state index in [0.717, 1.165) is 12.1 Å². The summed E-state index contributed by atoms with van der Waals surface area (Å²) in [5.74, 6) is -0.691. The fourth-order valence-electron chi connectivity index (χ4n) is 2.34. The summed E-state index contributed by atoms with van der Waals surface area (Å²) < 4.78 is 40.6. The van der Waals surface area contributed by atoms with Gasteiger partial charge in [0.1, 0.15) is 23.1 Å². The highest BCUT2D eigenvalue weighted by Gasteiger charge is 2.31. The van der Waals surface area contributed by atoms with Crippen molar-refractivity contribution in [3.8, 4) is 17.0 Å². The zero-order valence-electron chi connectivity index (χ0n) is 13.3. The van der Waals surface area contributed by atoms with E-state index in [1.54, 1.807) is 0 Å². The normalized spacial score (nSPS) is 11.4. The summed E-state index contributed by atoms with van der Waals surface area (Å²) in [5.41, 5.74) is 7.33. The number of nitrogens with zero attached hydrogens (tertiary/aromatic N) is 3. The summed E-state index contributed by atoms with van der Waals surface area (Å²) in [6.07, 6.45) is -3.56. The van der Waals surface area contributed by atoms with E-state index >= 15 is 0 Å². The number of nitrogens with two attached hydrogens (primary N) is 1. The minimum atomic E-state index is -4.78. The number of nitrogen functional groups attached to an aromatic ring is 1. The monoisotopic (exact) mass is 363 g/mol. The van der Waals surface area contributed by atoms with Gasteiger partial charge in [-0.05, 0) is 30.3 Å². The van der Waals surface area contributed by atoms with Crippen molar-refractivity contribution in [1.29, 1.82) is 0 Å². The number of benzene rings is 1. The number of anilines is 1. The SMILES string of the molecule is CNC(=O)c1cc(-c2ccc(OC(F)(F)F)cc2)nc2c(N)ncnc12. The van der Waals surface area contributed by atoms with Gasteiger partial charge in [0.15, 0.2) is 5.82 Å². The van der Waals surface area contributed by atoms with Gasteiger partial charge in [0.2, 0.25) is 0 Å². The summed E-state index contributed by atoms with van der Waals surface area (Å²) in [4.78, 5) is 24.4. The number of fused-ring (bicyclic) bond motifs is 1. The molecular weight excluding hydrogens is 351 g/mol. The number of carbonyl (C=O) groups is 1. The van der Waals surface area contributed by atoms with Crippen molar-refractivity contribution in [2.45, 2.75) is 6.36 Å². The van der Waals surface area contributed by atoms with Crippen molar-refractivity contribution in [2.24, 2.45) is 0 Å². The lowest BCUT2D eigenvalue weighted by Crippen LogP contribution is -2.19. The Kier molecular flexibility index (Phi) is 4.33. The number of nitrogens with one attached hydrogen (secondary N) is 1. The number of hydrogen-bond acceptors (Lipinski definition) is 6. The van der Waals surface area contributed by atoms with Crippen molar-refractivity contribution >= 4 is 22.8 Å². The lowest BCUT2D eigenvalue weighted by atomic mass is 10.1. The Hall–Kier alpha value is -3.43. The van der Waals surface area contributed by atoms with E-state index in [4.69, 9.17) is 5.73 Å². The third-order valence-electron chi connectivity index (χ3n) is 3.47. The maximum atomic E-state index is 12.3. The van der Waals surface area contributed by atoms with Gasteiger partial charge < -0.3 is 15.8 Å². The fourth-order valence-corrected chi connectivity index (χ4v) is 2.34. The summed E-state index contributed by atoms with van der Waals surface area (Å²) in [5, 5.41) is 2.49. The maximum absolute atomic E-state index is 12.3. The maximum Gasteiger partial charge on any atom is 0.573 e. The molecule has 26 heavy (non-hydrogen) atoms. The molecule has 0 aliphatic rings. The highest BCUT2D eigenvalue weighted by Crippen LogP contribution is 2.28. The van der Waals surface area contributed by atoms with Crippen LogP contribution in [0.2, 0.25) is 0 Å². The molecule has 0 aliphatic heterocycles. The van der Waals surface area contributed by atoms with E-state index in [9.17, 15) is 18.0 Å². The topological polar surface area (TPSA) is 103 Å². The van der Waals surface area contributed by atoms with Crippen molar-refractivity contribution in [2.75, 3.05) is 12.8 Å². The molecule has 0 radical (unpaired) electrons. The first kappa shape index (κ1) is 17.4. The smallest absolute Gasteiger partial charge is 0.406 e. The van der Waals surface area contributed by atoms with E-state index in [1.165, 1.54) is 31.6 Å². The third kappa shape index (κ3) is 3.48. The standard InChI is InChI=1S/C16H12F3N5O2/c1-21-15(25)10-6-11(24-13-12(10)22-7-23-14(13)20)8-2-4-9(5-3-8)26-16(17,18)19/h2-7H,1H3,(H,21,25)(H2,20,22,23). The van der Waals surface area contributed by atoms with Gasteiger partial charge in [0.05, 0.1) is 11.3 Å². The number of aromatic nitrogens is 3. The van der Waals surface area contributed by atoms with Gasteiger partial charge in [-0.1, -0.05) is 0 Å². The molecule has 0 saturated heterocycles. The molecule has 0 unspecified atom stereocenters. The molecule has 1 amide bonds. The molecule has 7 nitrogen and oxygen atoms in total. The average Bonchev–Trinajstić information content (AvgIpc) is 2.60.